The van der Waals surface area contributed by atoms with E-state index in [-0.39, 0.29) is 12.1 Å². The van der Waals surface area contributed by atoms with E-state index in [4.69, 9.17) is 4.42 Å². The highest BCUT2D eigenvalue weighted by Gasteiger charge is 2.35. The minimum atomic E-state index is -3.44. The van der Waals surface area contributed by atoms with E-state index in [0.717, 1.165) is 38.2 Å². The van der Waals surface area contributed by atoms with Crippen molar-refractivity contribution in [3.63, 3.8) is 0 Å². The first kappa shape index (κ1) is 15.7. The van der Waals surface area contributed by atoms with Crippen LogP contribution in [0.5, 0.6) is 0 Å². The number of nitrogens with one attached hydrogen (secondary N) is 2. The number of nitrogens with zero attached hydrogens (tertiary/aromatic N) is 1. The van der Waals surface area contributed by atoms with Gasteiger partial charge in [0.15, 0.2) is 0 Å². The molecule has 2 aromatic rings. The number of hydrogen-bond donors (Lipinski definition) is 2. The molecule has 0 amide bonds. The number of hydrogen-bond acceptors (Lipinski definition) is 5. The number of fused-ring (bicyclic) bond motifs is 1. The van der Waals surface area contributed by atoms with Crippen LogP contribution in [0.15, 0.2) is 52.0 Å². The van der Waals surface area contributed by atoms with E-state index >= 15 is 0 Å². The second kappa shape index (κ2) is 6.23. The summed E-state index contributed by atoms with van der Waals surface area (Å²) in [5, 5.41) is 3.36. The molecule has 0 spiro atoms. The number of para-hydroxylation sites is 1. The van der Waals surface area contributed by atoms with Crippen molar-refractivity contribution in [1.29, 1.82) is 0 Å². The van der Waals surface area contributed by atoms with Gasteiger partial charge in [-0.1, -0.05) is 12.1 Å². The molecule has 0 bridgehead atoms. The zero-order chi connectivity index (χ0) is 16.6. The van der Waals surface area contributed by atoms with Crippen LogP contribution in [0, 0.1) is 5.92 Å². The third-order valence-corrected chi connectivity index (χ3v) is 6.33. The Labute approximate surface area is 141 Å². The van der Waals surface area contributed by atoms with Gasteiger partial charge in [0.05, 0.1) is 24.7 Å². The Kier molecular flexibility index (Phi) is 4.07. The maximum Gasteiger partial charge on any atom is 0.244 e. The zero-order valence-corrected chi connectivity index (χ0v) is 14.1. The molecule has 3 heterocycles. The Bertz CT molecular complexity index is 796. The molecular weight excluding hydrogens is 326 g/mol. The first-order chi connectivity index (χ1) is 11.6. The Morgan fingerprint density at radius 3 is 2.67 bits per heavy atom. The van der Waals surface area contributed by atoms with Crippen LogP contribution >= 0.6 is 0 Å². The zero-order valence-electron chi connectivity index (χ0n) is 13.3. The molecule has 0 aliphatic carbocycles. The van der Waals surface area contributed by atoms with E-state index in [9.17, 15) is 8.42 Å². The van der Waals surface area contributed by atoms with Gasteiger partial charge in [-0.25, -0.2) is 8.42 Å². The lowest BCUT2D eigenvalue weighted by molar-refractivity contribution is 0.154. The third kappa shape index (κ3) is 3.07. The van der Waals surface area contributed by atoms with Crippen LogP contribution in [0.2, 0.25) is 0 Å². The summed E-state index contributed by atoms with van der Waals surface area (Å²) in [6.45, 7) is 2.69. The first-order valence-electron chi connectivity index (χ1n) is 8.24. The molecule has 6 nitrogen and oxygen atoms in total. The summed E-state index contributed by atoms with van der Waals surface area (Å²) in [4.78, 5) is 2.68. The number of rotatable bonds is 3. The van der Waals surface area contributed by atoms with Crippen molar-refractivity contribution in [3.8, 4) is 0 Å². The van der Waals surface area contributed by atoms with Crippen molar-refractivity contribution in [2.24, 2.45) is 5.92 Å². The molecule has 0 unspecified atom stereocenters. The molecule has 128 valence electrons. The second-order valence-electron chi connectivity index (χ2n) is 6.43. The average molecular weight is 347 g/mol. The first-order valence-corrected chi connectivity index (χ1v) is 9.73. The Balaban J connectivity index is 1.41. The van der Waals surface area contributed by atoms with Gasteiger partial charge in [0.2, 0.25) is 10.0 Å². The fourth-order valence-electron chi connectivity index (χ4n) is 3.53. The van der Waals surface area contributed by atoms with Gasteiger partial charge in [-0.3, -0.25) is 4.90 Å². The Morgan fingerprint density at radius 1 is 1.12 bits per heavy atom. The number of sulfonamides is 1. The molecule has 24 heavy (non-hydrogen) atoms. The van der Waals surface area contributed by atoms with Crippen LogP contribution in [0.25, 0.3) is 0 Å². The van der Waals surface area contributed by atoms with Crippen molar-refractivity contribution < 1.29 is 12.8 Å². The van der Waals surface area contributed by atoms with E-state index < -0.39 is 10.0 Å². The molecule has 0 radical (unpaired) electrons. The minimum absolute atomic E-state index is 0.240. The summed E-state index contributed by atoms with van der Waals surface area (Å²) in [7, 11) is -3.44. The van der Waals surface area contributed by atoms with Crippen LogP contribution in [0.1, 0.15) is 18.6 Å². The van der Waals surface area contributed by atoms with Crippen molar-refractivity contribution in [3.05, 3.63) is 48.4 Å². The number of likely N-dealkylation sites (tertiary alicyclic amines) is 1. The lowest BCUT2D eigenvalue weighted by Crippen LogP contribution is -2.51. The van der Waals surface area contributed by atoms with Gasteiger partial charge in [-0.05, 0) is 56.1 Å². The van der Waals surface area contributed by atoms with Crippen LogP contribution in [0.3, 0.4) is 0 Å². The lowest BCUT2D eigenvalue weighted by Gasteiger charge is -2.38. The highest BCUT2D eigenvalue weighted by atomic mass is 32.2. The molecule has 2 aliphatic heterocycles. The normalized spacial score (nSPS) is 24.2. The number of furan rings is 1. The molecular formula is C17H21N3O3S. The fraction of sp³-hybridized carbons (Fsp3) is 0.412. The van der Waals surface area contributed by atoms with Gasteiger partial charge in [0.1, 0.15) is 10.7 Å². The smallest absolute Gasteiger partial charge is 0.244 e. The topological polar surface area (TPSA) is 74.6 Å². The molecule has 1 aromatic heterocycles. The SMILES string of the molecule is O=S1(=O)N[C@@H](C2CCN(Cc3ccco3)CC2)Nc2ccccc21. The highest BCUT2D eigenvalue weighted by Crippen LogP contribution is 2.30. The molecule has 1 saturated heterocycles. The van der Waals surface area contributed by atoms with Gasteiger partial charge in [-0.2, -0.15) is 4.72 Å². The lowest BCUT2D eigenvalue weighted by atomic mass is 9.93. The van der Waals surface area contributed by atoms with E-state index in [1.54, 1.807) is 18.4 Å². The van der Waals surface area contributed by atoms with Crippen LogP contribution in [-0.2, 0) is 16.6 Å². The highest BCUT2D eigenvalue weighted by molar-refractivity contribution is 7.89. The van der Waals surface area contributed by atoms with Crippen LogP contribution in [0.4, 0.5) is 5.69 Å². The second-order valence-corrected chi connectivity index (χ2v) is 8.11. The van der Waals surface area contributed by atoms with Crippen LogP contribution < -0.4 is 10.0 Å². The number of anilines is 1. The maximum atomic E-state index is 12.4. The molecule has 4 rings (SSSR count). The molecule has 1 atom stereocenters. The average Bonchev–Trinajstić information content (AvgIpc) is 3.08. The monoisotopic (exact) mass is 347 g/mol. The quantitative estimate of drug-likeness (QED) is 0.890. The van der Waals surface area contributed by atoms with Crippen molar-refractivity contribution in [1.82, 2.24) is 9.62 Å². The van der Waals surface area contributed by atoms with Crippen LogP contribution in [-0.4, -0.2) is 32.6 Å². The number of benzene rings is 1. The van der Waals surface area contributed by atoms with Gasteiger partial charge in [0.25, 0.3) is 0 Å². The predicted molar refractivity (Wildman–Crippen MR) is 90.9 cm³/mol. The van der Waals surface area contributed by atoms with Gasteiger partial charge in [0, 0.05) is 0 Å². The third-order valence-electron chi connectivity index (χ3n) is 4.83. The Morgan fingerprint density at radius 2 is 1.92 bits per heavy atom. The maximum absolute atomic E-state index is 12.4. The summed E-state index contributed by atoms with van der Waals surface area (Å²) in [6, 6.07) is 10.9. The standard InChI is InChI=1S/C17H21N3O3S/c21-24(22)16-6-2-1-5-15(16)18-17(19-24)13-7-9-20(10-8-13)12-14-4-3-11-23-14/h1-6,11,13,17-19H,7-10,12H2/t17-/m0/s1. The molecule has 2 N–H and O–H groups in total. The van der Waals surface area contributed by atoms with E-state index in [2.05, 4.69) is 14.9 Å². The summed E-state index contributed by atoms with van der Waals surface area (Å²) in [6.07, 6.45) is 3.35. The predicted octanol–water partition coefficient (Wildman–Crippen LogP) is 2.22. The van der Waals surface area contributed by atoms with E-state index in [0.29, 0.717) is 10.6 Å². The summed E-state index contributed by atoms with van der Waals surface area (Å²) < 4.78 is 33.1. The molecule has 1 fully saturated rings. The van der Waals surface area contributed by atoms with Gasteiger partial charge >= 0.3 is 0 Å². The largest absolute Gasteiger partial charge is 0.468 e. The summed E-state index contributed by atoms with van der Waals surface area (Å²) >= 11 is 0. The number of piperidine rings is 1. The summed E-state index contributed by atoms with van der Waals surface area (Å²) in [5.41, 5.74) is 0.694. The molecule has 2 aliphatic rings. The summed E-state index contributed by atoms with van der Waals surface area (Å²) in [5.74, 6) is 1.25. The van der Waals surface area contributed by atoms with Crippen molar-refractivity contribution >= 4 is 15.7 Å². The van der Waals surface area contributed by atoms with Crippen molar-refractivity contribution in [2.75, 3.05) is 18.4 Å². The van der Waals surface area contributed by atoms with Crippen molar-refractivity contribution in [2.45, 2.75) is 30.4 Å². The molecule has 7 heteroatoms. The Hall–Kier alpha value is -1.83. The molecule has 0 saturated carbocycles. The van der Waals surface area contributed by atoms with Gasteiger partial charge in [-0.15, -0.1) is 0 Å². The molecule has 1 aromatic carbocycles. The van der Waals surface area contributed by atoms with E-state index in [1.165, 1.54) is 0 Å². The minimum Gasteiger partial charge on any atom is -0.468 e. The fourth-order valence-corrected chi connectivity index (χ4v) is 4.92. The van der Waals surface area contributed by atoms with Gasteiger partial charge < -0.3 is 9.73 Å². The van der Waals surface area contributed by atoms with E-state index in [1.807, 2.05) is 24.3 Å².